The molecule has 0 saturated heterocycles. The second kappa shape index (κ2) is 8.74. The number of nitrogens with zero attached hydrogens (tertiary/aromatic N) is 5. The maximum absolute atomic E-state index is 15.7. The second-order valence-corrected chi connectivity index (χ2v) is 9.16. The maximum atomic E-state index is 15.7. The van der Waals surface area contributed by atoms with Gasteiger partial charge in [0.15, 0.2) is 0 Å². The summed E-state index contributed by atoms with van der Waals surface area (Å²) in [6, 6.07) is 2.08. The van der Waals surface area contributed by atoms with Crippen molar-refractivity contribution < 1.29 is 13.7 Å². The third kappa shape index (κ3) is 4.19. The van der Waals surface area contributed by atoms with Crippen LogP contribution < -0.4 is 0 Å². The largest absolute Gasteiger partial charge is 0.383 e. The van der Waals surface area contributed by atoms with Crippen LogP contribution in [0.25, 0.3) is 33.3 Å². The number of halogens is 1. The van der Waals surface area contributed by atoms with Crippen LogP contribution in [0.3, 0.4) is 0 Å². The highest BCUT2D eigenvalue weighted by molar-refractivity contribution is 5.94. The minimum absolute atomic E-state index is 0.327. The number of fused-ring (bicyclic) bond motifs is 1. The third-order valence-corrected chi connectivity index (χ3v) is 6.71. The van der Waals surface area contributed by atoms with Crippen molar-refractivity contribution in [1.29, 1.82) is 0 Å². The third-order valence-electron chi connectivity index (χ3n) is 6.71. The molecule has 0 aromatic carbocycles. The minimum atomic E-state index is -1.19. The predicted molar refractivity (Wildman–Crippen MR) is 125 cm³/mol. The molecule has 4 heterocycles. The molecule has 0 aliphatic heterocycles. The van der Waals surface area contributed by atoms with Crippen LogP contribution in [0.15, 0.2) is 35.4 Å². The van der Waals surface area contributed by atoms with E-state index in [-0.39, 0.29) is 0 Å². The van der Waals surface area contributed by atoms with Crippen LogP contribution >= 0.6 is 0 Å². The van der Waals surface area contributed by atoms with Crippen LogP contribution in [0.5, 0.6) is 0 Å². The van der Waals surface area contributed by atoms with Crippen molar-refractivity contribution in [2.24, 2.45) is 0 Å². The van der Waals surface area contributed by atoms with Gasteiger partial charge in [-0.2, -0.15) is 5.10 Å². The fourth-order valence-electron chi connectivity index (χ4n) is 5.00. The highest BCUT2D eigenvalue weighted by Crippen LogP contribution is 2.38. The van der Waals surface area contributed by atoms with E-state index in [0.717, 1.165) is 64.0 Å². The Labute approximate surface area is 192 Å². The summed E-state index contributed by atoms with van der Waals surface area (Å²) in [5.74, 6) is 0.751. The van der Waals surface area contributed by atoms with E-state index < -0.39 is 5.67 Å². The first-order valence-electron chi connectivity index (χ1n) is 11.6. The number of aromatic nitrogens is 5. The first-order chi connectivity index (χ1) is 16.0. The summed E-state index contributed by atoms with van der Waals surface area (Å²) in [7, 11) is 1.68. The SMILES string of the molecule is COCCn1cc(-c2cn(CC3(F)CCCCC3)c3cc(-c4c(C)noc4C)cnc23)cn1. The molecule has 1 aliphatic rings. The molecule has 1 saturated carbocycles. The number of ether oxygens (including phenoxy) is 1. The van der Waals surface area contributed by atoms with Gasteiger partial charge >= 0.3 is 0 Å². The molecular weight excluding hydrogens is 421 g/mol. The highest BCUT2D eigenvalue weighted by atomic mass is 19.1. The zero-order chi connectivity index (χ0) is 23.0. The standard InChI is InChI=1S/C25H30FN5O2/c1-17-23(18(2)33-29-17)19-11-22-24(27-12-19)21(20-13-28-31(14-20)9-10-32-3)15-30(22)16-25(26)7-5-4-6-8-25/h11-15H,4-10,16H2,1-3H3. The molecule has 8 heteroatoms. The zero-order valence-electron chi connectivity index (χ0n) is 19.5. The number of rotatable bonds is 7. The lowest BCUT2D eigenvalue weighted by Gasteiger charge is -2.30. The fraction of sp³-hybridized carbons (Fsp3) is 0.480. The highest BCUT2D eigenvalue weighted by Gasteiger charge is 2.33. The van der Waals surface area contributed by atoms with Crippen LogP contribution in [0.1, 0.15) is 43.6 Å². The summed E-state index contributed by atoms with van der Waals surface area (Å²) < 4.78 is 30.2. The van der Waals surface area contributed by atoms with Crippen LogP contribution in [0.2, 0.25) is 0 Å². The molecule has 5 rings (SSSR count). The summed E-state index contributed by atoms with van der Waals surface area (Å²) >= 11 is 0. The van der Waals surface area contributed by atoms with Gasteiger partial charge in [0, 0.05) is 48.0 Å². The number of aryl methyl sites for hydroxylation is 2. The molecule has 0 spiro atoms. The van der Waals surface area contributed by atoms with Gasteiger partial charge in [-0.3, -0.25) is 9.67 Å². The van der Waals surface area contributed by atoms with Crippen molar-refractivity contribution in [3.63, 3.8) is 0 Å². The van der Waals surface area contributed by atoms with Crippen molar-refractivity contribution in [3.8, 4) is 22.3 Å². The quantitative estimate of drug-likeness (QED) is 0.372. The van der Waals surface area contributed by atoms with Crippen molar-refractivity contribution in [1.82, 2.24) is 24.5 Å². The van der Waals surface area contributed by atoms with Crippen LogP contribution in [-0.2, 0) is 17.8 Å². The Morgan fingerprint density at radius 2 is 1.94 bits per heavy atom. The van der Waals surface area contributed by atoms with Crippen molar-refractivity contribution in [3.05, 3.63) is 42.3 Å². The Kier molecular flexibility index (Phi) is 5.78. The van der Waals surface area contributed by atoms with Gasteiger partial charge in [-0.15, -0.1) is 0 Å². The molecule has 0 unspecified atom stereocenters. The Balaban J connectivity index is 1.61. The lowest BCUT2D eigenvalue weighted by molar-refractivity contribution is 0.0873. The van der Waals surface area contributed by atoms with Crippen LogP contribution in [0, 0.1) is 13.8 Å². The van der Waals surface area contributed by atoms with Gasteiger partial charge in [-0.1, -0.05) is 24.4 Å². The molecule has 0 N–H and O–H groups in total. The second-order valence-electron chi connectivity index (χ2n) is 9.16. The van der Waals surface area contributed by atoms with E-state index in [1.165, 1.54) is 0 Å². The smallest absolute Gasteiger partial charge is 0.141 e. The summed E-state index contributed by atoms with van der Waals surface area (Å²) in [6.45, 7) is 5.41. The van der Waals surface area contributed by atoms with Gasteiger partial charge in [0.1, 0.15) is 11.4 Å². The van der Waals surface area contributed by atoms with E-state index >= 15 is 4.39 Å². The Bertz CT molecular complexity index is 1250. The first kappa shape index (κ1) is 21.8. The van der Waals surface area contributed by atoms with Gasteiger partial charge in [0.05, 0.1) is 42.6 Å². The molecule has 4 aromatic rings. The molecule has 7 nitrogen and oxygen atoms in total. The molecule has 0 atom stereocenters. The van der Waals surface area contributed by atoms with E-state index in [2.05, 4.69) is 16.3 Å². The summed E-state index contributed by atoms with van der Waals surface area (Å²) in [5.41, 5.74) is 5.17. The number of hydrogen-bond donors (Lipinski definition) is 0. The van der Waals surface area contributed by atoms with Crippen molar-refractivity contribution in [2.45, 2.75) is 64.7 Å². The molecule has 4 aromatic heterocycles. The first-order valence-corrected chi connectivity index (χ1v) is 11.6. The fourth-order valence-corrected chi connectivity index (χ4v) is 5.00. The molecule has 0 amide bonds. The van der Waals surface area contributed by atoms with E-state index in [9.17, 15) is 0 Å². The van der Waals surface area contributed by atoms with Gasteiger partial charge < -0.3 is 13.8 Å². The molecule has 33 heavy (non-hydrogen) atoms. The molecule has 0 radical (unpaired) electrons. The Hall–Kier alpha value is -3.00. The summed E-state index contributed by atoms with van der Waals surface area (Å²) in [4.78, 5) is 4.83. The van der Waals surface area contributed by atoms with Crippen LogP contribution in [-0.4, -0.2) is 43.9 Å². The average Bonchev–Trinajstić information content (AvgIpc) is 3.50. The molecule has 1 aliphatic carbocycles. The average molecular weight is 452 g/mol. The van der Waals surface area contributed by atoms with Gasteiger partial charge in [-0.05, 0) is 32.8 Å². The monoisotopic (exact) mass is 451 g/mol. The van der Waals surface area contributed by atoms with Gasteiger partial charge in [-0.25, -0.2) is 4.39 Å². The van der Waals surface area contributed by atoms with Gasteiger partial charge in [0.2, 0.25) is 0 Å². The van der Waals surface area contributed by atoms with E-state index in [0.29, 0.717) is 32.5 Å². The van der Waals surface area contributed by atoms with E-state index in [1.54, 1.807) is 7.11 Å². The lowest BCUT2D eigenvalue weighted by Crippen LogP contribution is -2.31. The normalized spacial score (nSPS) is 16.0. The number of pyridine rings is 1. The van der Waals surface area contributed by atoms with Gasteiger partial charge in [0.25, 0.3) is 0 Å². The van der Waals surface area contributed by atoms with Crippen molar-refractivity contribution >= 4 is 11.0 Å². The zero-order valence-corrected chi connectivity index (χ0v) is 19.5. The minimum Gasteiger partial charge on any atom is -0.383 e. The summed E-state index contributed by atoms with van der Waals surface area (Å²) in [6.07, 6.45) is 11.9. The topological polar surface area (TPSA) is 70.9 Å². The summed E-state index contributed by atoms with van der Waals surface area (Å²) in [5, 5.41) is 8.55. The molecular formula is C25H30FN5O2. The van der Waals surface area contributed by atoms with E-state index in [4.69, 9.17) is 14.2 Å². The molecule has 0 bridgehead atoms. The molecule has 1 fully saturated rings. The number of hydrogen-bond acceptors (Lipinski definition) is 5. The number of alkyl halides is 1. The molecule has 174 valence electrons. The van der Waals surface area contributed by atoms with Crippen LogP contribution in [0.4, 0.5) is 4.39 Å². The maximum Gasteiger partial charge on any atom is 0.141 e. The lowest BCUT2D eigenvalue weighted by atomic mass is 9.86. The van der Waals surface area contributed by atoms with E-state index in [1.807, 2.05) is 47.9 Å². The van der Waals surface area contributed by atoms with Crippen molar-refractivity contribution in [2.75, 3.05) is 13.7 Å². The number of methoxy groups -OCH3 is 1. The predicted octanol–water partition coefficient (Wildman–Crippen LogP) is 5.49. The Morgan fingerprint density at radius 1 is 1.12 bits per heavy atom. The Morgan fingerprint density at radius 3 is 2.67 bits per heavy atom.